The van der Waals surface area contributed by atoms with E-state index in [1.54, 1.807) is 0 Å². The van der Waals surface area contributed by atoms with Crippen LogP contribution in [0.15, 0.2) is 0 Å². The number of esters is 1. The van der Waals surface area contributed by atoms with Crippen LogP contribution in [0.3, 0.4) is 0 Å². The maximum Gasteiger partial charge on any atom is 0.315 e. The Morgan fingerprint density at radius 3 is 2.73 bits per heavy atom. The largest absolute Gasteiger partial charge is 0.468 e. The number of ether oxygens (including phenoxy) is 1. The third-order valence-corrected chi connectivity index (χ3v) is 1.58. The highest BCUT2D eigenvalue weighted by Crippen LogP contribution is 2.05. The first-order valence-corrected chi connectivity index (χ1v) is 3.88. The van der Waals surface area contributed by atoms with Crippen molar-refractivity contribution in [1.82, 2.24) is 0 Å². The summed E-state index contributed by atoms with van der Waals surface area (Å²) in [5, 5.41) is 0. The molecule has 0 aliphatic heterocycles. The molecule has 0 aromatic carbocycles. The van der Waals surface area contributed by atoms with Crippen LogP contribution in [0.2, 0.25) is 0 Å². The SMILES string of the molecule is COC(=O)C(C=O)CCCCl. The summed E-state index contributed by atoms with van der Waals surface area (Å²) in [4.78, 5) is 21.0. The van der Waals surface area contributed by atoms with Crippen LogP contribution in [-0.2, 0) is 14.3 Å². The van der Waals surface area contributed by atoms with Gasteiger partial charge in [0.05, 0.1) is 7.11 Å². The van der Waals surface area contributed by atoms with Crippen molar-refractivity contribution in [3.63, 3.8) is 0 Å². The number of aldehydes is 1. The molecule has 0 aliphatic carbocycles. The summed E-state index contributed by atoms with van der Waals surface area (Å²) in [6.45, 7) is 0. The molecule has 0 spiro atoms. The van der Waals surface area contributed by atoms with Gasteiger partial charge in [-0.1, -0.05) is 0 Å². The Kier molecular flexibility index (Phi) is 5.84. The highest BCUT2D eigenvalue weighted by molar-refractivity contribution is 6.17. The van der Waals surface area contributed by atoms with E-state index in [1.807, 2.05) is 0 Å². The second kappa shape index (κ2) is 6.16. The fraction of sp³-hybridized carbons (Fsp3) is 0.714. The monoisotopic (exact) mass is 178 g/mol. The predicted molar refractivity (Wildman–Crippen MR) is 41.5 cm³/mol. The molecule has 11 heavy (non-hydrogen) atoms. The van der Waals surface area contributed by atoms with Crippen LogP contribution in [-0.4, -0.2) is 25.2 Å². The fourth-order valence-electron chi connectivity index (χ4n) is 0.690. The molecule has 0 saturated carbocycles. The first-order chi connectivity index (χ1) is 5.26. The number of hydrogen-bond donors (Lipinski definition) is 0. The Labute approximate surface area is 70.7 Å². The Bertz CT molecular complexity index is 136. The van der Waals surface area contributed by atoms with Crippen molar-refractivity contribution in [3.8, 4) is 0 Å². The molecule has 0 radical (unpaired) electrons. The van der Waals surface area contributed by atoms with Gasteiger partial charge in [-0.15, -0.1) is 11.6 Å². The molecule has 64 valence electrons. The second-order valence-electron chi connectivity index (χ2n) is 2.10. The minimum Gasteiger partial charge on any atom is -0.468 e. The van der Waals surface area contributed by atoms with Gasteiger partial charge in [0, 0.05) is 5.88 Å². The van der Waals surface area contributed by atoms with E-state index in [0.717, 1.165) is 0 Å². The van der Waals surface area contributed by atoms with Gasteiger partial charge in [-0.3, -0.25) is 4.79 Å². The van der Waals surface area contributed by atoms with Crippen LogP contribution < -0.4 is 0 Å². The van der Waals surface area contributed by atoms with Crippen molar-refractivity contribution >= 4 is 23.9 Å². The van der Waals surface area contributed by atoms with E-state index < -0.39 is 11.9 Å². The van der Waals surface area contributed by atoms with Crippen molar-refractivity contribution in [2.75, 3.05) is 13.0 Å². The highest BCUT2D eigenvalue weighted by atomic mass is 35.5. The van der Waals surface area contributed by atoms with E-state index in [0.29, 0.717) is 25.0 Å². The lowest BCUT2D eigenvalue weighted by molar-refractivity contribution is -0.147. The molecule has 0 N–H and O–H groups in total. The molecule has 1 atom stereocenters. The van der Waals surface area contributed by atoms with Gasteiger partial charge in [-0.05, 0) is 12.8 Å². The third kappa shape index (κ3) is 3.98. The molecule has 0 saturated heterocycles. The number of rotatable bonds is 5. The average molecular weight is 179 g/mol. The van der Waals surface area contributed by atoms with Crippen LogP contribution in [0, 0.1) is 5.92 Å². The lowest BCUT2D eigenvalue weighted by Crippen LogP contribution is -2.17. The summed E-state index contributed by atoms with van der Waals surface area (Å²) in [5.74, 6) is -0.662. The van der Waals surface area contributed by atoms with Crippen molar-refractivity contribution in [1.29, 1.82) is 0 Å². The summed E-state index contributed by atoms with van der Waals surface area (Å²) in [7, 11) is 1.26. The topological polar surface area (TPSA) is 43.4 Å². The van der Waals surface area contributed by atoms with E-state index in [1.165, 1.54) is 7.11 Å². The van der Waals surface area contributed by atoms with Gasteiger partial charge < -0.3 is 9.53 Å². The molecule has 0 aromatic heterocycles. The molecule has 0 amide bonds. The molecular weight excluding hydrogens is 168 g/mol. The van der Waals surface area contributed by atoms with Crippen LogP contribution in [0.25, 0.3) is 0 Å². The van der Waals surface area contributed by atoms with Crippen molar-refractivity contribution in [3.05, 3.63) is 0 Å². The average Bonchev–Trinajstić information content (AvgIpc) is 2.05. The Balaban J connectivity index is 3.74. The summed E-state index contributed by atoms with van der Waals surface area (Å²) < 4.78 is 4.39. The van der Waals surface area contributed by atoms with Gasteiger partial charge >= 0.3 is 5.97 Å². The van der Waals surface area contributed by atoms with Crippen molar-refractivity contribution in [2.24, 2.45) is 5.92 Å². The molecule has 0 fully saturated rings. The molecule has 1 unspecified atom stereocenters. The Morgan fingerprint density at radius 2 is 2.36 bits per heavy atom. The molecule has 3 nitrogen and oxygen atoms in total. The number of carbonyl (C=O) groups excluding carboxylic acids is 2. The van der Waals surface area contributed by atoms with Gasteiger partial charge in [-0.2, -0.15) is 0 Å². The van der Waals surface area contributed by atoms with E-state index in [2.05, 4.69) is 4.74 Å². The third-order valence-electron chi connectivity index (χ3n) is 1.32. The number of alkyl halides is 1. The number of methoxy groups -OCH3 is 1. The maximum atomic E-state index is 10.8. The minimum atomic E-state index is -0.640. The first kappa shape index (κ1) is 10.4. The van der Waals surface area contributed by atoms with E-state index in [-0.39, 0.29) is 0 Å². The quantitative estimate of drug-likeness (QED) is 0.273. The second-order valence-corrected chi connectivity index (χ2v) is 2.47. The maximum absolute atomic E-state index is 10.8. The normalized spacial score (nSPS) is 12.2. The van der Waals surface area contributed by atoms with Crippen LogP contribution in [0.1, 0.15) is 12.8 Å². The Hall–Kier alpha value is -0.570. The lowest BCUT2D eigenvalue weighted by Gasteiger charge is -2.04. The van der Waals surface area contributed by atoms with Crippen LogP contribution in [0.5, 0.6) is 0 Å². The standard InChI is InChI=1S/C7H11ClO3/c1-11-7(10)6(5-9)3-2-4-8/h5-6H,2-4H2,1H3. The van der Waals surface area contributed by atoms with Crippen molar-refractivity contribution < 1.29 is 14.3 Å². The fourth-order valence-corrected chi connectivity index (χ4v) is 0.844. The number of halogens is 1. The van der Waals surface area contributed by atoms with Gasteiger partial charge in [0.2, 0.25) is 0 Å². The summed E-state index contributed by atoms with van der Waals surface area (Å²) in [6.07, 6.45) is 1.72. The van der Waals surface area contributed by atoms with Gasteiger partial charge in [0.1, 0.15) is 12.2 Å². The molecule has 0 rings (SSSR count). The minimum absolute atomic E-state index is 0.460. The first-order valence-electron chi connectivity index (χ1n) is 3.35. The zero-order valence-corrected chi connectivity index (χ0v) is 7.13. The highest BCUT2D eigenvalue weighted by Gasteiger charge is 2.16. The number of carbonyl (C=O) groups is 2. The van der Waals surface area contributed by atoms with Crippen molar-refractivity contribution in [2.45, 2.75) is 12.8 Å². The molecule has 4 heteroatoms. The smallest absolute Gasteiger partial charge is 0.315 e. The van der Waals surface area contributed by atoms with Gasteiger partial charge in [-0.25, -0.2) is 0 Å². The van der Waals surface area contributed by atoms with Gasteiger partial charge in [0.25, 0.3) is 0 Å². The summed E-state index contributed by atoms with van der Waals surface area (Å²) in [5.41, 5.74) is 0. The molecule has 0 aliphatic rings. The molecule has 0 heterocycles. The Morgan fingerprint density at radius 1 is 1.73 bits per heavy atom. The zero-order chi connectivity index (χ0) is 8.69. The van der Waals surface area contributed by atoms with Gasteiger partial charge in [0.15, 0.2) is 0 Å². The van der Waals surface area contributed by atoms with Crippen LogP contribution >= 0.6 is 11.6 Å². The zero-order valence-electron chi connectivity index (χ0n) is 6.38. The summed E-state index contributed by atoms with van der Waals surface area (Å²) >= 11 is 5.38. The van der Waals surface area contributed by atoms with E-state index in [4.69, 9.17) is 11.6 Å². The number of hydrogen-bond acceptors (Lipinski definition) is 3. The molecular formula is C7H11ClO3. The van der Waals surface area contributed by atoms with E-state index in [9.17, 15) is 9.59 Å². The van der Waals surface area contributed by atoms with E-state index >= 15 is 0 Å². The molecule has 0 bridgehead atoms. The predicted octanol–water partition coefficient (Wildman–Crippen LogP) is 0.993. The van der Waals surface area contributed by atoms with Crippen LogP contribution in [0.4, 0.5) is 0 Å². The lowest BCUT2D eigenvalue weighted by atomic mass is 10.1. The molecule has 0 aromatic rings. The summed E-state index contributed by atoms with van der Waals surface area (Å²) in [6, 6.07) is 0.